The van der Waals surface area contributed by atoms with Crippen LogP contribution >= 0.6 is 0 Å². The third-order valence-corrected chi connectivity index (χ3v) is 1.78. The summed E-state index contributed by atoms with van der Waals surface area (Å²) in [6.07, 6.45) is 1.81. The zero-order valence-electron chi connectivity index (χ0n) is 9.47. The highest BCUT2D eigenvalue weighted by atomic mass is 16.5. The quantitative estimate of drug-likeness (QED) is 0.773. The highest BCUT2D eigenvalue weighted by molar-refractivity contribution is 5.30. The summed E-state index contributed by atoms with van der Waals surface area (Å²) in [5, 5.41) is 0. The number of rotatable bonds is 5. The molecule has 0 radical (unpaired) electrons. The fraction of sp³-hybridized carbons (Fsp3) is 0.600. The van der Waals surface area contributed by atoms with Crippen LogP contribution in [0.4, 0.5) is 5.95 Å². The zero-order chi connectivity index (χ0) is 11.3. The van der Waals surface area contributed by atoms with Crippen molar-refractivity contribution in [1.29, 1.82) is 0 Å². The Morgan fingerprint density at radius 3 is 2.87 bits per heavy atom. The summed E-state index contributed by atoms with van der Waals surface area (Å²) in [6, 6.07) is 1.75. The van der Waals surface area contributed by atoms with Gasteiger partial charge in [0.2, 0.25) is 11.8 Å². The molecule has 15 heavy (non-hydrogen) atoms. The summed E-state index contributed by atoms with van der Waals surface area (Å²) in [7, 11) is 1.90. The largest absolute Gasteiger partial charge is 0.475 e. The summed E-state index contributed by atoms with van der Waals surface area (Å²) >= 11 is 0. The Labute approximate surface area is 90.3 Å². The predicted molar refractivity (Wildman–Crippen MR) is 60.1 cm³/mol. The van der Waals surface area contributed by atoms with Gasteiger partial charge in [-0.15, -0.1) is 0 Å². The van der Waals surface area contributed by atoms with Crippen LogP contribution in [0, 0.1) is 0 Å². The maximum absolute atomic E-state index is 5.47. The number of nitrogens with two attached hydrogens (primary N) is 1. The molecular formula is C10H18N4O. The molecule has 1 rings (SSSR count). The second-order valence-electron chi connectivity index (χ2n) is 3.57. The minimum absolute atomic E-state index is 0.118. The van der Waals surface area contributed by atoms with E-state index in [1.54, 1.807) is 12.3 Å². The van der Waals surface area contributed by atoms with E-state index in [-0.39, 0.29) is 6.10 Å². The lowest BCUT2D eigenvalue weighted by atomic mass is 10.5. The van der Waals surface area contributed by atoms with E-state index in [0.717, 1.165) is 6.54 Å². The monoisotopic (exact) mass is 210 g/mol. The Hall–Kier alpha value is -1.36. The van der Waals surface area contributed by atoms with E-state index in [9.17, 15) is 0 Å². The Morgan fingerprint density at radius 2 is 2.27 bits per heavy atom. The number of hydrogen-bond donors (Lipinski definition) is 1. The van der Waals surface area contributed by atoms with E-state index < -0.39 is 0 Å². The fourth-order valence-corrected chi connectivity index (χ4v) is 1.12. The van der Waals surface area contributed by atoms with Crippen LogP contribution in [0.3, 0.4) is 0 Å². The van der Waals surface area contributed by atoms with Gasteiger partial charge < -0.3 is 15.4 Å². The van der Waals surface area contributed by atoms with Gasteiger partial charge in [-0.25, -0.2) is 4.98 Å². The first kappa shape index (κ1) is 11.7. The molecule has 0 saturated heterocycles. The summed E-state index contributed by atoms with van der Waals surface area (Å²) in [5.41, 5.74) is 5.46. The van der Waals surface area contributed by atoms with Crippen molar-refractivity contribution in [3.63, 3.8) is 0 Å². The van der Waals surface area contributed by atoms with E-state index in [1.165, 1.54) is 0 Å². The first-order valence-electron chi connectivity index (χ1n) is 5.04. The molecule has 0 aliphatic rings. The van der Waals surface area contributed by atoms with Gasteiger partial charge in [-0.05, 0) is 13.8 Å². The van der Waals surface area contributed by atoms with Crippen molar-refractivity contribution in [2.75, 3.05) is 25.0 Å². The third-order valence-electron chi connectivity index (χ3n) is 1.78. The summed E-state index contributed by atoms with van der Waals surface area (Å²) in [6.45, 7) is 5.23. The molecular weight excluding hydrogens is 192 g/mol. The summed E-state index contributed by atoms with van der Waals surface area (Å²) in [4.78, 5) is 10.3. The Balaban J connectivity index is 2.73. The van der Waals surface area contributed by atoms with E-state index in [4.69, 9.17) is 10.5 Å². The van der Waals surface area contributed by atoms with E-state index in [0.29, 0.717) is 18.4 Å². The Morgan fingerprint density at radius 1 is 1.53 bits per heavy atom. The van der Waals surface area contributed by atoms with Crippen LogP contribution in [0.5, 0.6) is 5.88 Å². The van der Waals surface area contributed by atoms with Crippen LogP contribution in [0.15, 0.2) is 12.3 Å². The van der Waals surface area contributed by atoms with Crippen LogP contribution in [0.25, 0.3) is 0 Å². The second kappa shape index (κ2) is 5.50. The number of nitrogens with zero attached hydrogens (tertiary/aromatic N) is 3. The summed E-state index contributed by atoms with van der Waals surface area (Å²) < 4.78 is 5.47. The molecule has 0 spiro atoms. The molecule has 0 aromatic carbocycles. The lowest BCUT2D eigenvalue weighted by Gasteiger charge is -2.16. The van der Waals surface area contributed by atoms with Gasteiger partial charge in [-0.3, -0.25) is 0 Å². The van der Waals surface area contributed by atoms with Crippen molar-refractivity contribution in [1.82, 2.24) is 9.97 Å². The number of ether oxygens (including phenoxy) is 1. The van der Waals surface area contributed by atoms with Crippen molar-refractivity contribution >= 4 is 5.95 Å². The third kappa shape index (κ3) is 3.71. The normalized spacial score (nSPS) is 10.5. The lowest BCUT2D eigenvalue weighted by molar-refractivity contribution is 0.232. The number of likely N-dealkylation sites (N-methyl/N-ethyl adjacent to an activating group) is 1. The molecule has 0 saturated carbocycles. The van der Waals surface area contributed by atoms with Crippen molar-refractivity contribution in [2.45, 2.75) is 20.0 Å². The van der Waals surface area contributed by atoms with E-state index in [1.807, 2.05) is 25.8 Å². The zero-order valence-corrected chi connectivity index (χ0v) is 9.47. The molecule has 0 atom stereocenters. The van der Waals surface area contributed by atoms with Gasteiger partial charge in [0.25, 0.3) is 0 Å². The van der Waals surface area contributed by atoms with Crippen LogP contribution in [-0.4, -0.2) is 36.2 Å². The highest BCUT2D eigenvalue weighted by Gasteiger charge is 2.05. The highest BCUT2D eigenvalue weighted by Crippen LogP contribution is 2.12. The molecule has 5 heteroatoms. The van der Waals surface area contributed by atoms with Gasteiger partial charge in [-0.2, -0.15) is 4.98 Å². The maximum atomic E-state index is 5.47. The molecule has 0 unspecified atom stereocenters. The van der Waals surface area contributed by atoms with Crippen LogP contribution in [0.1, 0.15) is 13.8 Å². The van der Waals surface area contributed by atoms with Crippen molar-refractivity contribution in [3.8, 4) is 5.88 Å². The smallest absolute Gasteiger partial charge is 0.228 e. The predicted octanol–water partition coefficient (Wildman–Crippen LogP) is 0.659. The molecule has 1 aromatic heterocycles. The molecule has 0 fully saturated rings. The molecule has 84 valence electrons. The molecule has 1 aromatic rings. The standard InChI is InChI=1S/C10H18N4O/c1-8(2)15-9-4-6-12-10(13-9)14(3)7-5-11/h4,6,8H,5,7,11H2,1-3H3. The number of aromatic nitrogens is 2. The van der Waals surface area contributed by atoms with Crippen LogP contribution in [0.2, 0.25) is 0 Å². The summed E-state index contributed by atoms with van der Waals surface area (Å²) in [5.74, 6) is 1.23. The molecule has 1 heterocycles. The van der Waals surface area contributed by atoms with E-state index >= 15 is 0 Å². The lowest BCUT2D eigenvalue weighted by Crippen LogP contribution is -2.26. The minimum atomic E-state index is 0.118. The fourth-order valence-electron chi connectivity index (χ4n) is 1.12. The average molecular weight is 210 g/mol. The molecule has 2 N–H and O–H groups in total. The molecule has 0 aliphatic heterocycles. The maximum Gasteiger partial charge on any atom is 0.228 e. The molecule has 0 aliphatic carbocycles. The van der Waals surface area contributed by atoms with Crippen molar-refractivity contribution in [3.05, 3.63) is 12.3 Å². The van der Waals surface area contributed by atoms with Crippen LogP contribution < -0.4 is 15.4 Å². The average Bonchev–Trinajstić information content (AvgIpc) is 2.17. The molecule has 5 nitrogen and oxygen atoms in total. The van der Waals surface area contributed by atoms with Gasteiger partial charge in [0.05, 0.1) is 6.10 Å². The topological polar surface area (TPSA) is 64.3 Å². The number of anilines is 1. The number of hydrogen-bond acceptors (Lipinski definition) is 5. The Kier molecular flexibility index (Phi) is 4.30. The Bertz CT molecular complexity index is 303. The van der Waals surface area contributed by atoms with Gasteiger partial charge >= 0.3 is 0 Å². The molecule has 0 bridgehead atoms. The van der Waals surface area contributed by atoms with Crippen molar-refractivity contribution < 1.29 is 4.74 Å². The van der Waals surface area contributed by atoms with Gasteiger partial charge in [0.1, 0.15) is 0 Å². The SMILES string of the molecule is CC(C)Oc1ccnc(N(C)CCN)n1. The van der Waals surface area contributed by atoms with Gasteiger partial charge in [0.15, 0.2) is 0 Å². The first-order valence-corrected chi connectivity index (χ1v) is 5.04. The van der Waals surface area contributed by atoms with Crippen LogP contribution in [-0.2, 0) is 0 Å². The van der Waals surface area contributed by atoms with Crippen molar-refractivity contribution in [2.24, 2.45) is 5.73 Å². The molecule has 0 amide bonds. The second-order valence-corrected chi connectivity index (χ2v) is 3.57. The first-order chi connectivity index (χ1) is 7.13. The minimum Gasteiger partial charge on any atom is -0.475 e. The van der Waals surface area contributed by atoms with Gasteiger partial charge in [0, 0.05) is 32.4 Å². The van der Waals surface area contributed by atoms with Gasteiger partial charge in [-0.1, -0.05) is 0 Å². The van der Waals surface area contributed by atoms with E-state index in [2.05, 4.69) is 9.97 Å².